The van der Waals surface area contributed by atoms with Crippen molar-refractivity contribution in [1.82, 2.24) is 10.2 Å². The quantitative estimate of drug-likeness (QED) is 0.264. The lowest BCUT2D eigenvalue weighted by Gasteiger charge is -2.13. The monoisotopic (exact) mass is 386 g/mol. The third kappa shape index (κ3) is 11.1. The number of amides is 3. The van der Waals surface area contributed by atoms with Crippen LogP contribution in [0.25, 0.3) is 0 Å². The Kier molecular flexibility index (Phi) is 11.7. The molecule has 152 valence electrons. The Balaban J connectivity index is 1.79. The molecule has 1 heterocycles. The minimum Gasteiger partial charge on any atom is -0.481 e. The van der Waals surface area contributed by atoms with E-state index in [1.807, 2.05) is 0 Å². The maximum absolute atomic E-state index is 11.3. The van der Waals surface area contributed by atoms with Crippen molar-refractivity contribution in [2.45, 2.75) is 19.3 Å². The van der Waals surface area contributed by atoms with Gasteiger partial charge in [-0.2, -0.15) is 0 Å². The molecule has 0 bridgehead atoms. The first-order valence-corrected chi connectivity index (χ1v) is 8.76. The maximum Gasteiger partial charge on any atom is 0.303 e. The van der Waals surface area contributed by atoms with Crippen molar-refractivity contribution < 1.29 is 38.5 Å². The maximum atomic E-state index is 11.3. The van der Waals surface area contributed by atoms with E-state index in [0.717, 1.165) is 4.90 Å². The lowest BCUT2D eigenvalue weighted by molar-refractivity contribution is -0.139. The second-order valence-corrected chi connectivity index (χ2v) is 5.60. The molecule has 0 fully saturated rings. The number of carbonyl (C=O) groups is 4. The number of ether oxygens (including phenoxy) is 3. The lowest BCUT2D eigenvalue weighted by atomic mass is 10.3. The molecule has 2 N–H and O–H groups in total. The number of nitrogens with zero attached hydrogens (tertiary/aromatic N) is 1. The van der Waals surface area contributed by atoms with Crippen molar-refractivity contribution in [3.8, 4) is 0 Å². The SMILES string of the molecule is O=C(O)CCC(=O)NCCCOCCOCCOCCN1C(=O)C=CC1=O. The van der Waals surface area contributed by atoms with E-state index < -0.39 is 5.97 Å². The smallest absolute Gasteiger partial charge is 0.303 e. The molecule has 0 aliphatic carbocycles. The molecule has 3 amide bonds. The van der Waals surface area contributed by atoms with Crippen LogP contribution in [0.5, 0.6) is 0 Å². The molecule has 0 saturated carbocycles. The fourth-order valence-electron chi connectivity index (χ4n) is 2.06. The van der Waals surface area contributed by atoms with Gasteiger partial charge in [-0.3, -0.25) is 24.1 Å². The predicted octanol–water partition coefficient (Wildman–Crippen LogP) is -0.668. The first-order valence-electron chi connectivity index (χ1n) is 8.76. The van der Waals surface area contributed by atoms with Gasteiger partial charge in [-0.15, -0.1) is 0 Å². The van der Waals surface area contributed by atoms with Crippen LogP contribution in [-0.4, -0.2) is 86.4 Å². The van der Waals surface area contributed by atoms with Crippen LogP contribution in [0.1, 0.15) is 19.3 Å². The van der Waals surface area contributed by atoms with Crippen LogP contribution in [0.15, 0.2) is 12.2 Å². The largest absolute Gasteiger partial charge is 0.481 e. The number of hydrogen-bond donors (Lipinski definition) is 2. The summed E-state index contributed by atoms with van der Waals surface area (Å²) in [5.74, 6) is -1.92. The van der Waals surface area contributed by atoms with Gasteiger partial charge in [0.25, 0.3) is 11.8 Å². The topological polar surface area (TPSA) is 131 Å². The zero-order valence-electron chi connectivity index (χ0n) is 15.2. The zero-order chi connectivity index (χ0) is 19.9. The van der Waals surface area contributed by atoms with Crippen molar-refractivity contribution in [3.63, 3.8) is 0 Å². The standard InChI is InChI=1S/C17H26N2O8/c20-14(2-5-17(23)24)18-6-1-8-25-10-12-27-13-11-26-9-7-19-15(21)3-4-16(19)22/h3-4H,1-2,5-13H2,(H,18,20)(H,23,24). The van der Waals surface area contributed by atoms with E-state index in [1.54, 1.807) is 0 Å². The normalized spacial score (nSPS) is 13.4. The van der Waals surface area contributed by atoms with Crippen molar-refractivity contribution >= 4 is 23.7 Å². The molecular weight excluding hydrogens is 360 g/mol. The van der Waals surface area contributed by atoms with Crippen molar-refractivity contribution in [2.75, 3.05) is 52.7 Å². The Morgan fingerprint density at radius 3 is 2.04 bits per heavy atom. The van der Waals surface area contributed by atoms with Crippen molar-refractivity contribution in [1.29, 1.82) is 0 Å². The van der Waals surface area contributed by atoms with E-state index >= 15 is 0 Å². The van der Waals surface area contributed by atoms with E-state index in [-0.39, 0.29) is 43.7 Å². The first-order chi connectivity index (χ1) is 13.0. The summed E-state index contributed by atoms with van der Waals surface area (Å²) in [6.45, 7) is 2.93. The van der Waals surface area contributed by atoms with E-state index in [9.17, 15) is 19.2 Å². The number of hydrogen-bond acceptors (Lipinski definition) is 7. The number of imide groups is 1. The molecule has 0 aromatic heterocycles. The Labute approximate surface area is 157 Å². The van der Waals surface area contributed by atoms with Crippen LogP contribution in [0, 0.1) is 0 Å². The molecule has 10 nitrogen and oxygen atoms in total. The molecule has 1 aliphatic rings. The molecule has 0 unspecified atom stereocenters. The van der Waals surface area contributed by atoms with Gasteiger partial charge >= 0.3 is 5.97 Å². The Morgan fingerprint density at radius 1 is 0.889 bits per heavy atom. The zero-order valence-corrected chi connectivity index (χ0v) is 15.2. The molecule has 10 heteroatoms. The summed E-state index contributed by atoms with van der Waals surface area (Å²) in [5.41, 5.74) is 0. The van der Waals surface area contributed by atoms with E-state index in [1.165, 1.54) is 12.2 Å². The van der Waals surface area contributed by atoms with Gasteiger partial charge < -0.3 is 24.6 Å². The fourth-order valence-corrected chi connectivity index (χ4v) is 2.06. The van der Waals surface area contributed by atoms with Crippen LogP contribution in [-0.2, 0) is 33.4 Å². The van der Waals surface area contributed by atoms with Gasteiger partial charge in [-0.1, -0.05) is 0 Å². The summed E-state index contributed by atoms with van der Waals surface area (Å²) < 4.78 is 15.9. The van der Waals surface area contributed by atoms with Crippen LogP contribution in [0.3, 0.4) is 0 Å². The third-order valence-electron chi connectivity index (χ3n) is 3.46. The van der Waals surface area contributed by atoms with Crippen molar-refractivity contribution in [2.24, 2.45) is 0 Å². The van der Waals surface area contributed by atoms with E-state index in [4.69, 9.17) is 19.3 Å². The highest BCUT2D eigenvalue weighted by Gasteiger charge is 2.22. The summed E-state index contributed by atoms with van der Waals surface area (Å²) in [5, 5.41) is 11.1. The highest BCUT2D eigenvalue weighted by molar-refractivity contribution is 6.12. The lowest BCUT2D eigenvalue weighted by Crippen LogP contribution is -2.33. The molecule has 0 atom stereocenters. The molecule has 1 aliphatic heterocycles. The average molecular weight is 386 g/mol. The second-order valence-electron chi connectivity index (χ2n) is 5.60. The van der Waals surface area contributed by atoms with Crippen LogP contribution < -0.4 is 5.32 Å². The molecule has 0 radical (unpaired) electrons. The molecule has 0 saturated heterocycles. The van der Waals surface area contributed by atoms with Crippen LogP contribution >= 0.6 is 0 Å². The fraction of sp³-hybridized carbons (Fsp3) is 0.647. The minimum atomic E-state index is -0.993. The predicted molar refractivity (Wildman–Crippen MR) is 92.8 cm³/mol. The van der Waals surface area contributed by atoms with Gasteiger partial charge in [0.05, 0.1) is 46.0 Å². The van der Waals surface area contributed by atoms with Gasteiger partial charge in [0.1, 0.15) is 0 Å². The van der Waals surface area contributed by atoms with Gasteiger partial charge in [0.15, 0.2) is 0 Å². The van der Waals surface area contributed by atoms with Crippen LogP contribution in [0.2, 0.25) is 0 Å². The highest BCUT2D eigenvalue weighted by Crippen LogP contribution is 2.02. The number of aliphatic carboxylic acids is 1. The average Bonchev–Trinajstić information content (AvgIpc) is 2.95. The number of carbonyl (C=O) groups excluding carboxylic acids is 3. The summed E-state index contributed by atoms with van der Waals surface area (Å²) in [7, 11) is 0. The molecule has 1 rings (SSSR count). The number of rotatable bonds is 16. The summed E-state index contributed by atoms with van der Waals surface area (Å²) in [6.07, 6.45) is 2.91. The van der Waals surface area contributed by atoms with Crippen LogP contribution in [0.4, 0.5) is 0 Å². The van der Waals surface area contributed by atoms with E-state index in [2.05, 4.69) is 5.32 Å². The summed E-state index contributed by atoms with van der Waals surface area (Å²) in [4.78, 5) is 45.2. The molecule has 27 heavy (non-hydrogen) atoms. The number of nitrogens with one attached hydrogen (secondary N) is 1. The van der Waals surface area contributed by atoms with E-state index in [0.29, 0.717) is 46.0 Å². The Hall–Kier alpha value is -2.30. The Morgan fingerprint density at radius 2 is 1.44 bits per heavy atom. The minimum absolute atomic E-state index is 0.0202. The van der Waals surface area contributed by atoms with Gasteiger partial charge in [0.2, 0.25) is 5.91 Å². The Bertz CT molecular complexity index is 517. The highest BCUT2D eigenvalue weighted by atomic mass is 16.5. The molecule has 0 spiro atoms. The summed E-state index contributed by atoms with van der Waals surface area (Å²) in [6, 6.07) is 0. The third-order valence-corrected chi connectivity index (χ3v) is 3.46. The number of carboxylic acid groups (broad SMARTS) is 1. The van der Waals surface area contributed by atoms with Crippen molar-refractivity contribution in [3.05, 3.63) is 12.2 Å². The second kappa shape index (κ2) is 13.8. The first kappa shape index (κ1) is 22.7. The summed E-state index contributed by atoms with van der Waals surface area (Å²) >= 11 is 0. The van der Waals surface area contributed by atoms with Gasteiger partial charge in [-0.05, 0) is 6.42 Å². The molecule has 0 aromatic carbocycles. The number of carboxylic acids is 1. The van der Waals surface area contributed by atoms with Gasteiger partial charge in [-0.25, -0.2) is 0 Å². The molecule has 0 aromatic rings. The molecular formula is C17H26N2O8. The van der Waals surface area contributed by atoms with Gasteiger partial charge in [0, 0.05) is 31.7 Å².